The van der Waals surface area contributed by atoms with Gasteiger partial charge in [-0.25, -0.2) is 8.42 Å². The summed E-state index contributed by atoms with van der Waals surface area (Å²) in [5.41, 5.74) is -1.26. The van der Waals surface area contributed by atoms with Gasteiger partial charge in [0, 0.05) is 40.8 Å². The van der Waals surface area contributed by atoms with Crippen LogP contribution in [-0.2, 0) is 15.6 Å². The third-order valence-electron chi connectivity index (χ3n) is 6.84. The van der Waals surface area contributed by atoms with E-state index in [0.29, 0.717) is 16.0 Å². The number of carbonyl (C=O) groups is 1. The molecule has 0 radical (unpaired) electrons. The molecule has 0 atom stereocenters. The number of pyridine rings is 1. The Balaban J connectivity index is 1.40. The molecular weight excluding hydrogens is 583 g/mol. The van der Waals surface area contributed by atoms with Gasteiger partial charge in [-0.05, 0) is 49.2 Å². The van der Waals surface area contributed by atoms with Gasteiger partial charge in [0.25, 0.3) is 15.9 Å². The van der Waals surface area contributed by atoms with Crippen LogP contribution < -0.4 is 9.46 Å². The maximum atomic E-state index is 13.3. The number of benzene rings is 3. The van der Waals surface area contributed by atoms with Crippen LogP contribution in [0.25, 0.3) is 10.9 Å². The number of halogens is 4. The van der Waals surface area contributed by atoms with Crippen LogP contribution in [0.4, 0.5) is 18.9 Å². The van der Waals surface area contributed by atoms with E-state index in [4.69, 9.17) is 11.6 Å². The van der Waals surface area contributed by atoms with E-state index in [9.17, 15) is 31.5 Å². The van der Waals surface area contributed by atoms with Crippen LogP contribution in [0, 0.1) is 0 Å². The quantitative estimate of drug-likeness (QED) is 0.291. The third kappa shape index (κ3) is 6.09. The molecule has 1 aliphatic rings. The fourth-order valence-electron chi connectivity index (χ4n) is 4.81. The molecule has 5 rings (SSSR count). The largest absolute Gasteiger partial charge is 0.573 e. The number of rotatable bonds is 6. The number of fused-ring (bicyclic) bond motifs is 1. The van der Waals surface area contributed by atoms with Crippen LogP contribution in [0.15, 0.2) is 83.9 Å². The Morgan fingerprint density at radius 3 is 2.44 bits per heavy atom. The van der Waals surface area contributed by atoms with Crippen LogP contribution in [-0.4, -0.2) is 48.8 Å². The highest BCUT2D eigenvalue weighted by molar-refractivity contribution is 7.93. The van der Waals surface area contributed by atoms with Crippen LogP contribution >= 0.6 is 11.6 Å². The van der Waals surface area contributed by atoms with Crippen molar-refractivity contribution in [1.82, 2.24) is 9.88 Å². The minimum atomic E-state index is -5.17. The highest BCUT2D eigenvalue weighted by Crippen LogP contribution is 2.38. The summed E-state index contributed by atoms with van der Waals surface area (Å²) in [4.78, 5) is 18.5. The molecule has 1 aliphatic heterocycles. The molecule has 13 heteroatoms. The van der Waals surface area contributed by atoms with E-state index in [-0.39, 0.29) is 41.9 Å². The molecule has 0 unspecified atom stereocenters. The van der Waals surface area contributed by atoms with E-state index in [1.807, 2.05) is 0 Å². The number of anilines is 1. The summed E-state index contributed by atoms with van der Waals surface area (Å²) in [7, 11) is -4.41. The fourth-order valence-corrected chi connectivity index (χ4v) is 6.37. The van der Waals surface area contributed by atoms with Crippen molar-refractivity contribution in [2.24, 2.45) is 0 Å². The van der Waals surface area contributed by atoms with Gasteiger partial charge in [0.05, 0.1) is 16.8 Å². The Kier molecular flexibility index (Phi) is 7.58. The molecular formula is C28H23ClF3N3O5S. The number of amides is 1. The normalized spacial score (nSPS) is 15.5. The average Bonchev–Trinajstić information content (AvgIpc) is 2.93. The fraction of sp³-hybridized carbons (Fsp3) is 0.214. The first-order chi connectivity index (χ1) is 19.4. The first-order valence-electron chi connectivity index (χ1n) is 12.4. The third-order valence-corrected chi connectivity index (χ3v) is 8.56. The van der Waals surface area contributed by atoms with Gasteiger partial charge >= 0.3 is 6.36 Å². The smallest absolute Gasteiger partial charge is 0.404 e. The summed E-state index contributed by atoms with van der Waals surface area (Å²) in [6.45, 7) is 0.219. The maximum absolute atomic E-state index is 13.3. The summed E-state index contributed by atoms with van der Waals surface area (Å²) in [5, 5.41) is 12.0. The standard InChI is InChI=1S/C28H23ClF3N3O5S/c29-21-8-2-1-7-20(21)27(37)12-15-35(16-13-27)26(36)19-10-11-22(23(17-19)40-28(30,31)32)34-41(38,39)24-9-3-5-18-6-4-14-33-25(18)24/h1-11,14,17,34,37H,12-13,15-16H2. The predicted molar refractivity (Wildman–Crippen MR) is 146 cm³/mol. The Bertz CT molecular complexity index is 1720. The second kappa shape index (κ2) is 10.8. The molecule has 1 amide bonds. The second-order valence-corrected chi connectivity index (χ2v) is 11.6. The number of para-hydroxylation sites is 1. The Morgan fingerprint density at radius 2 is 1.73 bits per heavy atom. The number of likely N-dealkylation sites (tertiary alicyclic amines) is 1. The molecule has 214 valence electrons. The van der Waals surface area contributed by atoms with Gasteiger partial charge in [-0.3, -0.25) is 14.5 Å². The van der Waals surface area contributed by atoms with E-state index in [1.165, 1.54) is 29.3 Å². The lowest BCUT2D eigenvalue weighted by molar-refractivity contribution is -0.274. The molecule has 4 aromatic rings. The van der Waals surface area contributed by atoms with Gasteiger partial charge < -0.3 is 14.7 Å². The van der Waals surface area contributed by atoms with Gasteiger partial charge in [0.2, 0.25) is 0 Å². The lowest BCUT2D eigenvalue weighted by Crippen LogP contribution is -2.45. The van der Waals surface area contributed by atoms with Crippen molar-refractivity contribution in [3.63, 3.8) is 0 Å². The number of piperidine rings is 1. The molecule has 2 N–H and O–H groups in total. The molecule has 0 spiro atoms. The van der Waals surface area contributed by atoms with Crippen molar-refractivity contribution in [2.45, 2.75) is 29.7 Å². The SMILES string of the molecule is O=C(c1ccc(NS(=O)(=O)c2cccc3cccnc23)c(OC(F)(F)F)c1)N1CCC(O)(c2ccccc2Cl)CC1. The molecule has 8 nitrogen and oxygen atoms in total. The van der Waals surface area contributed by atoms with Crippen molar-refractivity contribution in [2.75, 3.05) is 17.8 Å². The van der Waals surface area contributed by atoms with Gasteiger partial charge in [0.15, 0.2) is 5.75 Å². The maximum Gasteiger partial charge on any atom is 0.573 e. The molecule has 1 saturated heterocycles. The Morgan fingerprint density at radius 1 is 1.02 bits per heavy atom. The van der Waals surface area contributed by atoms with Crippen LogP contribution in [0.1, 0.15) is 28.8 Å². The molecule has 3 aromatic carbocycles. The van der Waals surface area contributed by atoms with E-state index in [0.717, 1.165) is 12.1 Å². The lowest BCUT2D eigenvalue weighted by atomic mass is 9.84. The zero-order valence-corrected chi connectivity index (χ0v) is 22.8. The minimum Gasteiger partial charge on any atom is -0.404 e. The van der Waals surface area contributed by atoms with E-state index >= 15 is 0 Å². The molecule has 1 fully saturated rings. The lowest BCUT2D eigenvalue weighted by Gasteiger charge is -2.39. The van der Waals surface area contributed by atoms with Crippen molar-refractivity contribution in [3.8, 4) is 5.75 Å². The number of sulfonamides is 1. The van der Waals surface area contributed by atoms with E-state index < -0.39 is 39.3 Å². The monoisotopic (exact) mass is 605 g/mol. The Hall–Kier alpha value is -3.87. The van der Waals surface area contributed by atoms with Crippen LogP contribution in [0.3, 0.4) is 0 Å². The molecule has 1 aromatic heterocycles. The van der Waals surface area contributed by atoms with Gasteiger partial charge in [-0.15, -0.1) is 13.2 Å². The number of alkyl halides is 3. The summed E-state index contributed by atoms with van der Waals surface area (Å²) in [5.74, 6) is -1.50. The summed E-state index contributed by atoms with van der Waals surface area (Å²) < 4.78 is 72.6. The number of hydrogen-bond acceptors (Lipinski definition) is 6. The number of nitrogens with one attached hydrogen (secondary N) is 1. The number of aromatic nitrogens is 1. The topological polar surface area (TPSA) is 109 Å². The van der Waals surface area contributed by atoms with Crippen molar-refractivity contribution >= 4 is 44.1 Å². The van der Waals surface area contributed by atoms with Crippen molar-refractivity contribution < 1.29 is 36.2 Å². The Labute approximate surface area is 238 Å². The predicted octanol–water partition coefficient (Wildman–Crippen LogP) is 5.71. The van der Waals surface area contributed by atoms with Crippen LogP contribution in [0.5, 0.6) is 5.75 Å². The summed E-state index contributed by atoms with van der Waals surface area (Å²) in [6.07, 6.45) is -3.45. The second-order valence-electron chi connectivity index (χ2n) is 9.50. The molecule has 0 saturated carbocycles. The highest BCUT2D eigenvalue weighted by Gasteiger charge is 2.38. The number of carbonyl (C=O) groups excluding carboxylic acids is 1. The molecule has 41 heavy (non-hydrogen) atoms. The molecule has 0 aliphatic carbocycles. The summed E-state index contributed by atoms with van der Waals surface area (Å²) >= 11 is 6.24. The van der Waals surface area contributed by atoms with Gasteiger partial charge in [-0.1, -0.05) is 48.0 Å². The minimum absolute atomic E-state index is 0.110. The van der Waals surface area contributed by atoms with Gasteiger partial charge in [-0.2, -0.15) is 0 Å². The van der Waals surface area contributed by atoms with Crippen molar-refractivity contribution in [1.29, 1.82) is 0 Å². The number of hydrogen-bond donors (Lipinski definition) is 2. The molecule has 2 heterocycles. The first-order valence-corrected chi connectivity index (χ1v) is 14.3. The average molecular weight is 606 g/mol. The number of nitrogens with zero attached hydrogens (tertiary/aromatic N) is 2. The van der Waals surface area contributed by atoms with Crippen LogP contribution in [0.2, 0.25) is 5.02 Å². The zero-order valence-electron chi connectivity index (χ0n) is 21.2. The number of ether oxygens (including phenoxy) is 1. The first kappa shape index (κ1) is 28.7. The summed E-state index contributed by atoms with van der Waals surface area (Å²) in [6, 6.07) is 17.6. The highest BCUT2D eigenvalue weighted by atomic mass is 35.5. The molecule has 0 bridgehead atoms. The van der Waals surface area contributed by atoms with Crippen molar-refractivity contribution in [3.05, 3.63) is 95.1 Å². The number of aliphatic hydroxyl groups is 1. The van der Waals surface area contributed by atoms with E-state index in [1.54, 1.807) is 42.5 Å². The van der Waals surface area contributed by atoms with E-state index in [2.05, 4.69) is 14.4 Å². The zero-order chi connectivity index (χ0) is 29.4. The van der Waals surface area contributed by atoms with Gasteiger partial charge in [0.1, 0.15) is 4.90 Å².